The summed E-state index contributed by atoms with van der Waals surface area (Å²) in [7, 11) is -3.88. The van der Waals surface area contributed by atoms with E-state index in [-0.39, 0.29) is 18.0 Å². The quantitative estimate of drug-likeness (QED) is 0.565. The number of aliphatic carboxylic acids is 1. The fraction of sp³-hybridized carbons (Fsp3) is 0.188. The van der Waals surface area contributed by atoms with E-state index in [9.17, 15) is 23.3 Å². The average Bonchev–Trinajstić information content (AvgIpc) is 2.55. The van der Waals surface area contributed by atoms with E-state index in [1.807, 2.05) is 0 Å². The van der Waals surface area contributed by atoms with E-state index < -0.39 is 27.5 Å². The van der Waals surface area contributed by atoms with E-state index in [1.165, 1.54) is 24.3 Å². The number of nitro benzene ring substituents is 1. The molecule has 2 aromatic carbocycles. The van der Waals surface area contributed by atoms with Gasteiger partial charge in [0, 0.05) is 18.7 Å². The molecule has 2 aromatic rings. The average molecular weight is 364 g/mol. The highest BCUT2D eigenvalue weighted by Crippen LogP contribution is 2.17. The third kappa shape index (κ3) is 5.37. The van der Waals surface area contributed by atoms with Gasteiger partial charge in [-0.1, -0.05) is 42.5 Å². The fourth-order valence-corrected chi connectivity index (χ4v) is 3.66. The van der Waals surface area contributed by atoms with E-state index in [2.05, 4.69) is 0 Å². The molecule has 0 bridgehead atoms. The van der Waals surface area contributed by atoms with Crippen LogP contribution in [0.5, 0.6) is 0 Å². The van der Waals surface area contributed by atoms with Crippen molar-refractivity contribution in [3.63, 3.8) is 0 Å². The van der Waals surface area contributed by atoms with Gasteiger partial charge >= 0.3 is 5.97 Å². The van der Waals surface area contributed by atoms with Crippen LogP contribution in [0.1, 0.15) is 11.1 Å². The topological polar surface area (TPSA) is 118 Å². The Bertz CT molecular complexity index is 850. The monoisotopic (exact) mass is 364 g/mol. The molecule has 0 saturated heterocycles. The number of carbonyl (C=O) groups is 1. The second kappa shape index (κ2) is 7.86. The SMILES string of the molecule is O=C(O)CN(Cc1ccc([N+](=O)[O-])cc1)S(=O)(=O)Cc1ccccc1. The second-order valence-corrected chi connectivity index (χ2v) is 7.30. The smallest absolute Gasteiger partial charge is 0.318 e. The van der Waals surface area contributed by atoms with Crippen molar-refractivity contribution in [1.82, 2.24) is 4.31 Å². The van der Waals surface area contributed by atoms with Gasteiger partial charge in [-0.2, -0.15) is 4.31 Å². The summed E-state index contributed by atoms with van der Waals surface area (Å²) >= 11 is 0. The van der Waals surface area contributed by atoms with Crippen LogP contribution in [-0.2, 0) is 27.1 Å². The van der Waals surface area contributed by atoms with Gasteiger partial charge in [-0.05, 0) is 11.1 Å². The number of sulfonamides is 1. The van der Waals surface area contributed by atoms with Gasteiger partial charge in [-0.25, -0.2) is 8.42 Å². The Labute approximate surface area is 144 Å². The predicted octanol–water partition coefficient (Wildman–Crippen LogP) is 2.01. The summed E-state index contributed by atoms with van der Waals surface area (Å²) in [6.07, 6.45) is 0. The summed E-state index contributed by atoms with van der Waals surface area (Å²) in [5.74, 6) is -1.60. The number of non-ortho nitro benzene ring substituents is 1. The van der Waals surface area contributed by atoms with Gasteiger partial charge in [0.15, 0.2) is 0 Å². The van der Waals surface area contributed by atoms with Gasteiger partial charge in [0.1, 0.15) is 6.54 Å². The Kier molecular flexibility index (Phi) is 5.84. The molecule has 1 N–H and O–H groups in total. The van der Waals surface area contributed by atoms with Crippen LogP contribution in [0.4, 0.5) is 5.69 Å². The molecule has 0 spiro atoms. The Morgan fingerprint density at radius 3 is 2.16 bits per heavy atom. The lowest BCUT2D eigenvalue weighted by Crippen LogP contribution is -2.36. The molecular formula is C16H16N2O6S. The number of hydrogen-bond acceptors (Lipinski definition) is 5. The summed E-state index contributed by atoms with van der Waals surface area (Å²) in [5, 5.41) is 19.7. The van der Waals surface area contributed by atoms with Crippen molar-refractivity contribution in [2.75, 3.05) is 6.54 Å². The maximum atomic E-state index is 12.6. The third-order valence-corrected chi connectivity index (χ3v) is 5.15. The van der Waals surface area contributed by atoms with E-state index >= 15 is 0 Å². The zero-order valence-electron chi connectivity index (χ0n) is 13.1. The first-order chi connectivity index (χ1) is 11.8. The van der Waals surface area contributed by atoms with Crippen LogP contribution in [0.3, 0.4) is 0 Å². The van der Waals surface area contributed by atoms with Crippen molar-refractivity contribution in [1.29, 1.82) is 0 Å². The molecule has 0 aliphatic rings. The number of hydrogen-bond donors (Lipinski definition) is 1. The molecule has 0 saturated carbocycles. The number of nitrogens with zero attached hydrogens (tertiary/aromatic N) is 2. The minimum atomic E-state index is -3.88. The highest BCUT2D eigenvalue weighted by molar-refractivity contribution is 7.88. The molecule has 0 heterocycles. The summed E-state index contributed by atoms with van der Waals surface area (Å²) in [5.41, 5.74) is 0.880. The largest absolute Gasteiger partial charge is 0.480 e. The first-order valence-corrected chi connectivity index (χ1v) is 8.86. The van der Waals surface area contributed by atoms with Crippen molar-refractivity contribution in [3.05, 3.63) is 75.8 Å². The molecule has 9 heteroatoms. The first kappa shape index (κ1) is 18.6. The van der Waals surface area contributed by atoms with Gasteiger partial charge < -0.3 is 5.11 Å². The predicted molar refractivity (Wildman–Crippen MR) is 90.2 cm³/mol. The molecule has 8 nitrogen and oxygen atoms in total. The van der Waals surface area contributed by atoms with E-state index in [0.29, 0.717) is 11.1 Å². The van der Waals surface area contributed by atoms with Crippen LogP contribution in [0.2, 0.25) is 0 Å². The number of benzene rings is 2. The van der Waals surface area contributed by atoms with Gasteiger partial charge in [0.2, 0.25) is 10.0 Å². The van der Waals surface area contributed by atoms with E-state index in [1.54, 1.807) is 30.3 Å². The van der Waals surface area contributed by atoms with Crippen molar-refractivity contribution >= 4 is 21.7 Å². The molecule has 0 unspecified atom stereocenters. The number of rotatable bonds is 8. The first-order valence-electron chi connectivity index (χ1n) is 7.25. The number of carboxylic acid groups (broad SMARTS) is 1. The fourth-order valence-electron chi connectivity index (χ4n) is 2.21. The van der Waals surface area contributed by atoms with Gasteiger partial charge in [0.05, 0.1) is 10.7 Å². The Morgan fingerprint density at radius 2 is 1.64 bits per heavy atom. The zero-order valence-corrected chi connectivity index (χ0v) is 13.9. The number of nitro groups is 1. The minimum Gasteiger partial charge on any atom is -0.480 e. The van der Waals surface area contributed by atoms with E-state index in [4.69, 9.17) is 5.11 Å². The molecule has 0 amide bonds. The maximum Gasteiger partial charge on any atom is 0.318 e. The van der Waals surface area contributed by atoms with Crippen LogP contribution < -0.4 is 0 Å². The Hall–Kier alpha value is -2.78. The lowest BCUT2D eigenvalue weighted by atomic mass is 10.2. The van der Waals surface area contributed by atoms with Gasteiger partial charge in [-0.15, -0.1) is 0 Å². The standard InChI is InChI=1S/C16H16N2O6S/c19-16(20)11-17(10-13-6-8-15(9-7-13)18(21)22)25(23,24)12-14-4-2-1-3-5-14/h1-9H,10-12H2,(H,19,20). The highest BCUT2D eigenvalue weighted by atomic mass is 32.2. The van der Waals surface area contributed by atoms with Crippen molar-refractivity contribution in [3.8, 4) is 0 Å². The molecule has 25 heavy (non-hydrogen) atoms. The molecule has 0 radical (unpaired) electrons. The molecule has 132 valence electrons. The molecule has 0 fully saturated rings. The number of carboxylic acids is 1. The van der Waals surface area contributed by atoms with Crippen molar-refractivity contribution in [2.45, 2.75) is 12.3 Å². The second-order valence-electron chi connectivity index (χ2n) is 5.33. The molecular weight excluding hydrogens is 348 g/mol. The molecule has 0 aliphatic carbocycles. The summed E-state index contributed by atoms with van der Waals surface area (Å²) in [6.45, 7) is -0.869. The lowest BCUT2D eigenvalue weighted by molar-refractivity contribution is -0.384. The van der Waals surface area contributed by atoms with Crippen molar-refractivity contribution in [2.24, 2.45) is 0 Å². The van der Waals surface area contributed by atoms with Crippen LogP contribution in [0, 0.1) is 10.1 Å². The molecule has 2 rings (SSSR count). The van der Waals surface area contributed by atoms with Crippen LogP contribution >= 0.6 is 0 Å². The zero-order chi connectivity index (χ0) is 18.4. The Balaban J connectivity index is 2.22. The van der Waals surface area contributed by atoms with Gasteiger partial charge in [-0.3, -0.25) is 14.9 Å². The molecule has 0 aliphatic heterocycles. The van der Waals surface area contributed by atoms with Crippen LogP contribution in [0.25, 0.3) is 0 Å². The Morgan fingerprint density at radius 1 is 1.04 bits per heavy atom. The lowest BCUT2D eigenvalue weighted by Gasteiger charge is -2.20. The molecule has 0 atom stereocenters. The third-order valence-electron chi connectivity index (χ3n) is 3.40. The molecule has 0 aromatic heterocycles. The summed E-state index contributed by atoms with van der Waals surface area (Å²) in [4.78, 5) is 21.1. The van der Waals surface area contributed by atoms with Gasteiger partial charge in [0.25, 0.3) is 5.69 Å². The van der Waals surface area contributed by atoms with E-state index in [0.717, 1.165) is 4.31 Å². The summed E-state index contributed by atoms with van der Waals surface area (Å²) < 4.78 is 26.0. The van der Waals surface area contributed by atoms with Crippen LogP contribution in [0.15, 0.2) is 54.6 Å². The minimum absolute atomic E-state index is 0.124. The highest BCUT2D eigenvalue weighted by Gasteiger charge is 2.25. The van der Waals surface area contributed by atoms with Crippen LogP contribution in [-0.4, -0.2) is 35.3 Å². The maximum absolute atomic E-state index is 12.6. The normalized spacial score (nSPS) is 11.4. The van der Waals surface area contributed by atoms with Crippen molar-refractivity contribution < 1.29 is 23.2 Å². The summed E-state index contributed by atoms with van der Waals surface area (Å²) in [6, 6.07) is 13.7.